The molecule has 4 unspecified atom stereocenters. The van der Waals surface area contributed by atoms with Gasteiger partial charge < -0.3 is 32.7 Å². The Morgan fingerprint density at radius 3 is 1.93 bits per heavy atom. The van der Waals surface area contributed by atoms with E-state index in [1.54, 1.807) is 14.2 Å². The van der Waals surface area contributed by atoms with Crippen LogP contribution < -0.4 is 20.7 Å². The molecular formula is C40H49N4O9P. The molecule has 0 spiro atoms. The minimum absolute atomic E-state index is 0.0182. The molecule has 1 aromatic heterocycles. The van der Waals surface area contributed by atoms with Crippen LogP contribution in [0.25, 0.3) is 0 Å². The lowest BCUT2D eigenvalue weighted by Crippen LogP contribution is -2.43. The van der Waals surface area contributed by atoms with E-state index in [1.807, 2.05) is 107 Å². The van der Waals surface area contributed by atoms with E-state index in [4.69, 9.17) is 32.7 Å². The third-order valence-corrected chi connectivity index (χ3v) is 11.3. The van der Waals surface area contributed by atoms with Crippen LogP contribution in [0.15, 0.2) is 101 Å². The number of nitrogens with one attached hydrogen (secondary N) is 1. The van der Waals surface area contributed by atoms with Crippen molar-refractivity contribution in [3.05, 3.63) is 129 Å². The Balaban J connectivity index is 1.64. The third-order valence-electron chi connectivity index (χ3n) is 9.19. The molecule has 1 fully saturated rings. The zero-order chi connectivity index (χ0) is 38.8. The number of ether oxygens (including phenoxy) is 5. The van der Waals surface area contributed by atoms with Crippen molar-refractivity contribution in [1.29, 1.82) is 5.26 Å². The van der Waals surface area contributed by atoms with Crippen molar-refractivity contribution < 1.29 is 32.7 Å². The van der Waals surface area contributed by atoms with Gasteiger partial charge in [0.25, 0.3) is 14.1 Å². The molecule has 5 rings (SSSR count). The van der Waals surface area contributed by atoms with Gasteiger partial charge in [-0.2, -0.15) is 5.26 Å². The Labute approximate surface area is 317 Å². The number of hydrogen-bond acceptors (Lipinski definition) is 11. The fourth-order valence-electron chi connectivity index (χ4n) is 6.75. The fourth-order valence-corrected chi connectivity index (χ4v) is 8.52. The van der Waals surface area contributed by atoms with Gasteiger partial charge in [-0.25, -0.2) is 9.46 Å². The molecule has 0 aliphatic carbocycles. The first kappa shape index (κ1) is 40.8. The van der Waals surface area contributed by atoms with Crippen molar-refractivity contribution >= 4 is 8.53 Å². The molecule has 13 nitrogen and oxygen atoms in total. The predicted molar refractivity (Wildman–Crippen MR) is 204 cm³/mol. The molecule has 4 aromatic rings. The monoisotopic (exact) mass is 760 g/mol. The van der Waals surface area contributed by atoms with Gasteiger partial charge in [0, 0.05) is 31.5 Å². The summed E-state index contributed by atoms with van der Waals surface area (Å²) in [6.07, 6.45) is -1.97. The second-order valence-corrected chi connectivity index (χ2v) is 14.6. The first-order valence-corrected chi connectivity index (χ1v) is 18.9. The maximum atomic E-state index is 13.2. The number of hydrogen-bond donors (Lipinski definition) is 1. The number of aromatic nitrogens is 2. The van der Waals surface area contributed by atoms with Gasteiger partial charge in [0.05, 0.1) is 39.9 Å². The van der Waals surface area contributed by atoms with Crippen molar-refractivity contribution in [3.8, 4) is 17.6 Å². The minimum atomic E-state index is -1.77. The molecule has 0 bridgehead atoms. The standard InChI is InChI=1S/C40H49N4O9P/c1-27(2)44(28(3)4)54(51-25-11-23-41)53-36-34(52-38(37(36)49-7)43-24-22-35(45)42-39(43)46)26-50-40(29-12-9-8-10-13-29,30-14-18-32(47-5)19-15-30)31-16-20-33(48-6)21-17-31/h8-10,12-22,24,27-28,34,36-38H,11,25-26H2,1-7H3,(H,42,45,46)/t34?,36?,37-,38?,54?/m0/s1. The van der Waals surface area contributed by atoms with Crippen molar-refractivity contribution in [2.75, 3.05) is 34.5 Å². The van der Waals surface area contributed by atoms with Gasteiger partial charge in [-0.1, -0.05) is 54.6 Å². The van der Waals surface area contributed by atoms with Gasteiger partial charge in [0.2, 0.25) is 0 Å². The van der Waals surface area contributed by atoms with Crippen molar-refractivity contribution in [2.24, 2.45) is 0 Å². The topological polar surface area (TPSA) is 147 Å². The van der Waals surface area contributed by atoms with Crippen LogP contribution in [0.1, 0.15) is 57.0 Å². The van der Waals surface area contributed by atoms with Gasteiger partial charge in [0.15, 0.2) is 6.23 Å². The molecule has 3 aromatic carbocycles. The fraction of sp³-hybridized carbons (Fsp3) is 0.425. The summed E-state index contributed by atoms with van der Waals surface area (Å²) >= 11 is 0. The highest BCUT2D eigenvalue weighted by molar-refractivity contribution is 7.44. The van der Waals surface area contributed by atoms with Gasteiger partial charge in [-0.3, -0.25) is 14.3 Å². The van der Waals surface area contributed by atoms with E-state index in [2.05, 4.69) is 15.7 Å². The number of benzene rings is 3. The number of rotatable bonds is 18. The molecule has 54 heavy (non-hydrogen) atoms. The molecule has 5 atom stereocenters. The summed E-state index contributed by atoms with van der Waals surface area (Å²) in [4.78, 5) is 27.6. The van der Waals surface area contributed by atoms with Crippen LogP contribution in [-0.4, -0.2) is 79.2 Å². The Morgan fingerprint density at radius 1 is 0.852 bits per heavy atom. The number of methoxy groups -OCH3 is 3. The van der Waals surface area contributed by atoms with Crippen molar-refractivity contribution in [3.63, 3.8) is 0 Å². The van der Waals surface area contributed by atoms with Crippen LogP contribution in [-0.2, 0) is 28.9 Å². The molecule has 0 radical (unpaired) electrons. The molecule has 1 N–H and O–H groups in total. The average molecular weight is 761 g/mol. The summed E-state index contributed by atoms with van der Waals surface area (Å²) in [5.74, 6) is 1.37. The number of aromatic amines is 1. The van der Waals surface area contributed by atoms with Gasteiger partial charge >= 0.3 is 5.69 Å². The minimum Gasteiger partial charge on any atom is -0.497 e. The normalized spacial score (nSPS) is 19.3. The highest BCUT2D eigenvalue weighted by Crippen LogP contribution is 2.51. The first-order chi connectivity index (χ1) is 26.1. The van der Waals surface area contributed by atoms with Crippen LogP contribution >= 0.6 is 8.53 Å². The Hall–Kier alpha value is -4.38. The molecule has 14 heteroatoms. The number of nitrogens with zero attached hydrogens (tertiary/aromatic N) is 3. The molecule has 288 valence electrons. The molecule has 1 saturated heterocycles. The Kier molecular flexibility index (Phi) is 14.2. The molecular weight excluding hydrogens is 711 g/mol. The second-order valence-electron chi connectivity index (χ2n) is 13.2. The molecule has 1 aliphatic heterocycles. The van der Waals surface area contributed by atoms with Crippen molar-refractivity contribution in [1.82, 2.24) is 14.2 Å². The smallest absolute Gasteiger partial charge is 0.330 e. The van der Waals surface area contributed by atoms with E-state index in [1.165, 1.54) is 23.9 Å². The van der Waals surface area contributed by atoms with Gasteiger partial charge in [-0.05, 0) is 68.7 Å². The zero-order valence-corrected chi connectivity index (χ0v) is 32.6. The number of nitriles is 1. The van der Waals surface area contributed by atoms with E-state index in [0.717, 1.165) is 16.7 Å². The predicted octanol–water partition coefficient (Wildman–Crippen LogP) is 6.14. The lowest BCUT2D eigenvalue weighted by atomic mass is 9.80. The quantitative estimate of drug-likeness (QED) is 0.0710. The third kappa shape index (κ3) is 8.94. The highest BCUT2D eigenvalue weighted by atomic mass is 31.2. The summed E-state index contributed by atoms with van der Waals surface area (Å²) in [5.41, 5.74) is 0.101. The van der Waals surface area contributed by atoms with E-state index < -0.39 is 49.9 Å². The summed E-state index contributed by atoms with van der Waals surface area (Å²) in [6.45, 7) is 8.30. The summed E-state index contributed by atoms with van der Waals surface area (Å²) in [7, 11) is 2.98. The number of H-pyrrole nitrogens is 1. The van der Waals surface area contributed by atoms with Gasteiger partial charge in [-0.15, -0.1) is 0 Å². The van der Waals surface area contributed by atoms with Crippen LogP contribution in [0, 0.1) is 11.3 Å². The zero-order valence-electron chi connectivity index (χ0n) is 31.7. The Morgan fingerprint density at radius 2 is 1.43 bits per heavy atom. The molecule has 1 aliphatic rings. The van der Waals surface area contributed by atoms with Crippen molar-refractivity contribution in [2.45, 2.75) is 76.3 Å². The SMILES string of the molecule is COc1ccc(C(OCC2OC(n3ccc(=O)[nH]c3=O)[C@@H](OC)C2OP(OCCC#N)N(C(C)C)C(C)C)(c2ccccc2)c2ccc(OC)cc2)cc1. The van der Waals surface area contributed by atoms with E-state index in [9.17, 15) is 14.9 Å². The average Bonchev–Trinajstić information content (AvgIpc) is 3.51. The molecule has 0 amide bonds. The maximum absolute atomic E-state index is 13.2. The van der Waals surface area contributed by atoms with E-state index in [-0.39, 0.29) is 31.7 Å². The summed E-state index contributed by atoms with van der Waals surface area (Å²) in [5, 5.41) is 9.33. The lowest BCUT2D eigenvalue weighted by Gasteiger charge is -2.39. The summed E-state index contributed by atoms with van der Waals surface area (Å²) in [6, 6.07) is 28.7. The Bertz CT molecular complexity index is 1870. The summed E-state index contributed by atoms with van der Waals surface area (Å²) < 4.78 is 47.6. The highest BCUT2D eigenvalue weighted by Gasteiger charge is 2.51. The van der Waals surface area contributed by atoms with Crippen LogP contribution in [0.5, 0.6) is 11.5 Å². The van der Waals surface area contributed by atoms with Crippen LogP contribution in [0.3, 0.4) is 0 Å². The largest absolute Gasteiger partial charge is 0.497 e. The first-order valence-electron chi connectivity index (χ1n) is 17.8. The van der Waals surface area contributed by atoms with E-state index >= 15 is 0 Å². The maximum Gasteiger partial charge on any atom is 0.330 e. The lowest BCUT2D eigenvalue weighted by molar-refractivity contribution is -0.0957. The second kappa shape index (κ2) is 18.8. The van der Waals surface area contributed by atoms with E-state index in [0.29, 0.717) is 11.5 Å². The van der Waals surface area contributed by atoms with Crippen LogP contribution in [0.4, 0.5) is 0 Å². The molecule has 2 heterocycles. The van der Waals surface area contributed by atoms with Gasteiger partial charge in [0.1, 0.15) is 35.4 Å². The van der Waals surface area contributed by atoms with Crippen LogP contribution in [0.2, 0.25) is 0 Å². The molecule has 0 saturated carbocycles.